The van der Waals surface area contributed by atoms with Crippen molar-refractivity contribution >= 4 is 5.69 Å². The van der Waals surface area contributed by atoms with Crippen LogP contribution in [0.5, 0.6) is 0 Å². The zero-order chi connectivity index (χ0) is 14.7. The Balaban J connectivity index is 2.22. The van der Waals surface area contributed by atoms with Crippen molar-refractivity contribution in [3.8, 4) is 0 Å². The lowest BCUT2D eigenvalue weighted by molar-refractivity contribution is 0.577. The number of pyridine rings is 1. The summed E-state index contributed by atoms with van der Waals surface area (Å²) in [6, 6.07) is 6.26. The van der Waals surface area contributed by atoms with Gasteiger partial charge in [0.05, 0.1) is 5.69 Å². The van der Waals surface area contributed by atoms with Crippen LogP contribution in [-0.2, 0) is 6.54 Å². The number of aryl methyl sites for hydroxylation is 1. The van der Waals surface area contributed by atoms with Crippen molar-refractivity contribution in [2.75, 3.05) is 5.32 Å². The molecule has 1 N–H and O–H groups in total. The van der Waals surface area contributed by atoms with Crippen LogP contribution in [0.3, 0.4) is 0 Å². The van der Waals surface area contributed by atoms with Gasteiger partial charge in [-0.25, -0.2) is 8.78 Å². The van der Waals surface area contributed by atoms with E-state index >= 15 is 0 Å². The molecule has 0 saturated carbocycles. The Morgan fingerprint density at radius 1 is 1.20 bits per heavy atom. The average molecular weight is 278 g/mol. The van der Waals surface area contributed by atoms with E-state index in [1.807, 2.05) is 6.92 Å². The molecule has 2 aromatic rings. The van der Waals surface area contributed by atoms with E-state index in [0.717, 1.165) is 11.8 Å². The SMILES string of the molecule is CCn1cc(NC(C)c2cc(F)cc(F)c2)ccc1=O. The third-order valence-corrected chi connectivity index (χ3v) is 3.09. The third kappa shape index (κ3) is 3.23. The van der Waals surface area contributed by atoms with E-state index in [9.17, 15) is 13.6 Å². The monoisotopic (exact) mass is 278 g/mol. The molecule has 0 bridgehead atoms. The summed E-state index contributed by atoms with van der Waals surface area (Å²) in [4.78, 5) is 11.5. The molecule has 20 heavy (non-hydrogen) atoms. The molecule has 5 heteroatoms. The highest BCUT2D eigenvalue weighted by Gasteiger charge is 2.09. The van der Waals surface area contributed by atoms with E-state index in [4.69, 9.17) is 0 Å². The van der Waals surface area contributed by atoms with Gasteiger partial charge in [0, 0.05) is 30.9 Å². The normalized spacial score (nSPS) is 12.2. The fraction of sp³-hybridized carbons (Fsp3) is 0.267. The topological polar surface area (TPSA) is 34.0 Å². The number of benzene rings is 1. The summed E-state index contributed by atoms with van der Waals surface area (Å²) >= 11 is 0. The van der Waals surface area contributed by atoms with Gasteiger partial charge in [-0.1, -0.05) is 0 Å². The maximum atomic E-state index is 13.2. The molecule has 0 spiro atoms. The highest BCUT2D eigenvalue weighted by atomic mass is 19.1. The number of hydrogen-bond donors (Lipinski definition) is 1. The van der Waals surface area contributed by atoms with Crippen LogP contribution in [0, 0.1) is 11.6 Å². The lowest BCUT2D eigenvalue weighted by Crippen LogP contribution is -2.18. The van der Waals surface area contributed by atoms with Crippen LogP contribution >= 0.6 is 0 Å². The van der Waals surface area contributed by atoms with Gasteiger partial charge in [-0.3, -0.25) is 4.79 Å². The number of anilines is 1. The molecule has 0 aliphatic rings. The first-order valence-electron chi connectivity index (χ1n) is 6.42. The van der Waals surface area contributed by atoms with Crippen LogP contribution in [0.15, 0.2) is 41.3 Å². The van der Waals surface area contributed by atoms with Gasteiger partial charge in [-0.05, 0) is 37.6 Å². The Bertz CT molecular complexity index is 647. The summed E-state index contributed by atoms with van der Waals surface area (Å²) in [7, 11) is 0. The summed E-state index contributed by atoms with van der Waals surface area (Å²) in [6.45, 7) is 4.24. The maximum absolute atomic E-state index is 13.2. The second-order valence-electron chi connectivity index (χ2n) is 4.61. The maximum Gasteiger partial charge on any atom is 0.250 e. The second kappa shape index (κ2) is 5.86. The Morgan fingerprint density at radius 2 is 1.85 bits per heavy atom. The minimum absolute atomic E-state index is 0.0810. The zero-order valence-corrected chi connectivity index (χ0v) is 11.4. The lowest BCUT2D eigenvalue weighted by atomic mass is 10.1. The van der Waals surface area contributed by atoms with Gasteiger partial charge < -0.3 is 9.88 Å². The molecule has 3 nitrogen and oxygen atoms in total. The van der Waals surface area contributed by atoms with Crippen molar-refractivity contribution in [3.63, 3.8) is 0 Å². The average Bonchev–Trinajstić information content (AvgIpc) is 2.39. The Morgan fingerprint density at radius 3 is 2.45 bits per heavy atom. The van der Waals surface area contributed by atoms with E-state index in [-0.39, 0.29) is 11.6 Å². The van der Waals surface area contributed by atoms with E-state index in [2.05, 4.69) is 5.32 Å². The van der Waals surface area contributed by atoms with Crippen molar-refractivity contribution < 1.29 is 8.78 Å². The Kier molecular flexibility index (Phi) is 4.17. The second-order valence-corrected chi connectivity index (χ2v) is 4.61. The summed E-state index contributed by atoms with van der Waals surface area (Å²) in [5.74, 6) is -1.21. The highest BCUT2D eigenvalue weighted by Crippen LogP contribution is 2.20. The van der Waals surface area contributed by atoms with Crippen molar-refractivity contribution in [2.24, 2.45) is 0 Å². The lowest BCUT2D eigenvalue weighted by Gasteiger charge is -2.16. The predicted octanol–water partition coefficient (Wildman–Crippen LogP) is 3.32. The van der Waals surface area contributed by atoms with Crippen molar-refractivity contribution in [1.29, 1.82) is 0 Å². The van der Waals surface area contributed by atoms with Gasteiger partial charge in [0.25, 0.3) is 5.56 Å². The Hall–Kier alpha value is -2.17. The molecule has 1 aromatic carbocycles. The molecule has 1 heterocycles. The van der Waals surface area contributed by atoms with E-state index < -0.39 is 11.6 Å². The largest absolute Gasteiger partial charge is 0.377 e. The van der Waals surface area contributed by atoms with Gasteiger partial charge in [-0.2, -0.15) is 0 Å². The number of nitrogens with zero attached hydrogens (tertiary/aromatic N) is 1. The molecule has 0 aliphatic heterocycles. The van der Waals surface area contributed by atoms with Gasteiger partial charge in [0.1, 0.15) is 11.6 Å². The van der Waals surface area contributed by atoms with Crippen molar-refractivity contribution in [1.82, 2.24) is 4.57 Å². The van der Waals surface area contributed by atoms with Gasteiger partial charge >= 0.3 is 0 Å². The summed E-state index contributed by atoms with van der Waals surface area (Å²) in [5, 5.41) is 3.12. The first-order chi connectivity index (χ1) is 9.49. The number of hydrogen-bond acceptors (Lipinski definition) is 2. The number of aromatic nitrogens is 1. The third-order valence-electron chi connectivity index (χ3n) is 3.09. The molecular weight excluding hydrogens is 262 g/mol. The van der Waals surface area contributed by atoms with E-state index in [0.29, 0.717) is 12.1 Å². The molecule has 1 unspecified atom stereocenters. The number of rotatable bonds is 4. The number of halogens is 2. The Labute approximate surface area is 115 Å². The number of nitrogens with one attached hydrogen (secondary N) is 1. The fourth-order valence-electron chi connectivity index (χ4n) is 2.02. The van der Waals surface area contributed by atoms with E-state index in [1.165, 1.54) is 18.2 Å². The summed E-state index contributed by atoms with van der Waals surface area (Å²) in [5.41, 5.74) is 1.16. The quantitative estimate of drug-likeness (QED) is 0.931. The minimum atomic E-state index is -0.604. The molecule has 106 valence electrons. The molecule has 1 aromatic heterocycles. The van der Waals surface area contributed by atoms with Gasteiger partial charge in [-0.15, -0.1) is 0 Å². The summed E-state index contributed by atoms with van der Waals surface area (Å²) < 4.78 is 27.9. The van der Waals surface area contributed by atoms with Crippen LogP contribution < -0.4 is 10.9 Å². The molecular formula is C15H16F2N2O. The van der Waals surface area contributed by atoms with Gasteiger partial charge in [0.2, 0.25) is 0 Å². The van der Waals surface area contributed by atoms with Crippen LogP contribution in [0.2, 0.25) is 0 Å². The first-order valence-corrected chi connectivity index (χ1v) is 6.42. The smallest absolute Gasteiger partial charge is 0.250 e. The molecule has 1 atom stereocenters. The highest BCUT2D eigenvalue weighted by molar-refractivity contribution is 5.43. The van der Waals surface area contributed by atoms with E-state index in [1.54, 1.807) is 23.8 Å². The van der Waals surface area contributed by atoms with Crippen molar-refractivity contribution in [3.05, 3.63) is 64.1 Å². The molecule has 0 radical (unpaired) electrons. The van der Waals surface area contributed by atoms with Crippen LogP contribution in [0.25, 0.3) is 0 Å². The molecule has 0 amide bonds. The summed E-state index contributed by atoms with van der Waals surface area (Å²) in [6.07, 6.45) is 1.69. The van der Waals surface area contributed by atoms with Crippen LogP contribution in [0.1, 0.15) is 25.5 Å². The standard InChI is InChI=1S/C15H16F2N2O/c1-3-19-9-14(4-5-15(19)20)18-10(2)11-6-12(16)8-13(17)7-11/h4-10,18H,3H2,1-2H3. The van der Waals surface area contributed by atoms with Crippen LogP contribution in [0.4, 0.5) is 14.5 Å². The van der Waals surface area contributed by atoms with Crippen molar-refractivity contribution in [2.45, 2.75) is 26.4 Å². The zero-order valence-electron chi connectivity index (χ0n) is 11.4. The molecule has 0 saturated heterocycles. The van der Waals surface area contributed by atoms with Crippen LogP contribution in [-0.4, -0.2) is 4.57 Å². The molecule has 2 rings (SSSR count). The van der Waals surface area contributed by atoms with Gasteiger partial charge in [0.15, 0.2) is 0 Å². The first kappa shape index (κ1) is 14.2. The minimum Gasteiger partial charge on any atom is -0.377 e. The predicted molar refractivity (Wildman–Crippen MR) is 74.8 cm³/mol. The molecule has 0 aliphatic carbocycles. The molecule has 0 fully saturated rings. The fourth-order valence-corrected chi connectivity index (χ4v) is 2.02.